The number of carboxylic acid groups (broad SMARTS) is 2. The Morgan fingerprint density at radius 2 is 1.52 bits per heavy atom. The molecule has 0 saturated carbocycles. The summed E-state index contributed by atoms with van der Waals surface area (Å²) in [6.07, 6.45) is 4.04. The number of thiophene rings is 3. The molecule has 1 aliphatic heterocycles. The van der Waals surface area contributed by atoms with Crippen LogP contribution in [-0.2, 0) is 11.2 Å². The standard InChI is InChI=1S/C13H12O2S.C12H9NO2S.C12H11NO2S.C2H6/c1-2-9-8-11(16-12(9)13(14)15)10-6-4-3-5-7-10;1-7-11-9(12(14)15-7)5-8(6-13-11)10-3-2-4-16-10;1-7-3-11(16-6-7)9-4-10(12(14)15)8(2)13-5-9;1-2/h3-8H,2H2,1H3,(H,14,15);2-7H,1H3;3-6H,1-2H3,(H,14,15);1-2H3. The molecule has 1 unspecified atom stereocenters. The maximum absolute atomic E-state index is 11.5. The Hall–Kier alpha value is -4.97. The van der Waals surface area contributed by atoms with Gasteiger partial charge in [0.1, 0.15) is 11.0 Å². The number of ether oxygens (including phenoxy) is 1. The number of benzene rings is 1. The first-order valence-electron chi connectivity index (χ1n) is 16.0. The van der Waals surface area contributed by atoms with Gasteiger partial charge in [0.25, 0.3) is 0 Å². The molecule has 258 valence electrons. The van der Waals surface area contributed by atoms with Crippen LogP contribution in [0.5, 0.6) is 0 Å². The Kier molecular flexibility index (Phi) is 13.3. The number of nitrogens with zero attached hydrogens (tertiary/aromatic N) is 2. The van der Waals surface area contributed by atoms with Crippen molar-refractivity contribution in [3.63, 3.8) is 0 Å². The molecule has 5 aromatic heterocycles. The molecule has 0 fully saturated rings. The van der Waals surface area contributed by atoms with Crippen molar-refractivity contribution in [3.05, 3.63) is 128 Å². The van der Waals surface area contributed by atoms with E-state index < -0.39 is 11.9 Å². The molecule has 0 bridgehead atoms. The smallest absolute Gasteiger partial charge is 0.346 e. The summed E-state index contributed by atoms with van der Waals surface area (Å²) < 4.78 is 5.11. The normalized spacial score (nSPS) is 12.6. The molecule has 1 aromatic carbocycles. The van der Waals surface area contributed by atoms with E-state index in [0.717, 1.165) is 49.0 Å². The predicted molar refractivity (Wildman–Crippen MR) is 203 cm³/mol. The molecule has 0 amide bonds. The maximum Gasteiger partial charge on any atom is 0.346 e. The van der Waals surface area contributed by atoms with Crippen LogP contribution >= 0.6 is 34.0 Å². The fraction of sp³-hybridized carbons (Fsp3) is 0.205. The van der Waals surface area contributed by atoms with Crippen LogP contribution in [0.4, 0.5) is 0 Å². The van der Waals surface area contributed by atoms with Gasteiger partial charge in [0, 0.05) is 38.2 Å². The van der Waals surface area contributed by atoms with Crippen molar-refractivity contribution >= 4 is 51.9 Å². The number of aromatic carboxylic acids is 2. The summed E-state index contributed by atoms with van der Waals surface area (Å²) in [5.74, 6) is -2.03. The van der Waals surface area contributed by atoms with E-state index in [4.69, 9.17) is 14.9 Å². The Bertz CT molecular complexity index is 2070. The zero-order chi connectivity index (χ0) is 36.4. The highest BCUT2D eigenvalue weighted by Crippen LogP contribution is 2.33. The Labute approximate surface area is 303 Å². The molecule has 0 radical (unpaired) electrons. The highest BCUT2D eigenvalue weighted by atomic mass is 32.1. The number of aromatic nitrogens is 2. The fourth-order valence-corrected chi connectivity index (χ4v) is 7.59. The van der Waals surface area contributed by atoms with Gasteiger partial charge >= 0.3 is 17.9 Å². The van der Waals surface area contributed by atoms with Crippen molar-refractivity contribution in [2.75, 3.05) is 0 Å². The molecule has 2 N–H and O–H groups in total. The van der Waals surface area contributed by atoms with Crippen molar-refractivity contribution in [1.82, 2.24) is 9.97 Å². The summed E-state index contributed by atoms with van der Waals surface area (Å²) in [5, 5.41) is 22.1. The van der Waals surface area contributed by atoms with Gasteiger partial charge in [-0.3, -0.25) is 9.97 Å². The molecule has 1 atom stereocenters. The average Bonchev–Trinajstić information content (AvgIpc) is 3.95. The van der Waals surface area contributed by atoms with E-state index in [1.165, 1.54) is 16.9 Å². The molecule has 6 aromatic rings. The molecular formula is C39H38N2O6S3. The van der Waals surface area contributed by atoms with Crippen LogP contribution < -0.4 is 0 Å². The third kappa shape index (κ3) is 9.17. The first-order valence-corrected chi connectivity index (χ1v) is 18.5. The minimum atomic E-state index is -0.930. The van der Waals surface area contributed by atoms with Gasteiger partial charge in [-0.25, -0.2) is 14.4 Å². The number of rotatable bonds is 6. The van der Waals surface area contributed by atoms with Gasteiger partial charge < -0.3 is 14.9 Å². The van der Waals surface area contributed by atoms with E-state index in [9.17, 15) is 14.4 Å². The second kappa shape index (κ2) is 17.6. The molecular weight excluding hydrogens is 689 g/mol. The number of hydrogen-bond donors (Lipinski definition) is 2. The maximum atomic E-state index is 11.5. The van der Waals surface area contributed by atoms with E-state index in [-0.39, 0.29) is 17.6 Å². The van der Waals surface area contributed by atoms with Crippen LogP contribution in [0.2, 0.25) is 0 Å². The van der Waals surface area contributed by atoms with Gasteiger partial charge in [-0.15, -0.1) is 34.0 Å². The molecule has 1 aliphatic rings. The number of carbonyl (C=O) groups excluding carboxylic acids is 1. The van der Waals surface area contributed by atoms with E-state index in [1.807, 2.05) is 106 Å². The van der Waals surface area contributed by atoms with Gasteiger partial charge in [-0.2, -0.15) is 0 Å². The van der Waals surface area contributed by atoms with Crippen molar-refractivity contribution in [3.8, 4) is 31.3 Å². The second-order valence-corrected chi connectivity index (χ2v) is 13.7. The number of carbonyl (C=O) groups is 3. The van der Waals surface area contributed by atoms with Gasteiger partial charge in [-0.05, 0) is 85.0 Å². The highest BCUT2D eigenvalue weighted by Gasteiger charge is 2.29. The van der Waals surface area contributed by atoms with Crippen molar-refractivity contribution in [1.29, 1.82) is 0 Å². The molecule has 8 nitrogen and oxygen atoms in total. The number of carboxylic acids is 2. The third-order valence-corrected chi connectivity index (χ3v) is 10.6. The predicted octanol–water partition coefficient (Wildman–Crippen LogP) is 10.9. The molecule has 0 aliphatic carbocycles. The van der Waals surface area contributed by atoms with Gasteiger partial charge in [0.05, 0.1) is 22.5 Å². The summed E-state index contributed by atoms with van der Waals surface area (Å²) in [7, 11) is 0. The van der Waals surface area contributed by atoms with Crippen molar-refractivity contribution in [2.45, 2.75) is 54.1 Å². The van der Waals surface area contributed by atoms with Crippen molar-refractivity contribution < 1.29 is 29.3 Å². The number of fused-ring (bicyclic) bond motifs is 1. The summed E-state index contributed by atoms with van der Waals surface area (Å²) in [5.41, 5.74) is 7.15. The van der Waals surface area contributed by atoms with Crippen LogP contribution in [0.15, 0.2) is 89.9 Å². The molecule has 11 heteroatoms. The number of hydrogen-bond acceptors (Lipinski definition) is 9. The lowest BCUT2D eigenvalue weighted by atomic mass is 10.1. The van der Waals surface area contributed by atoms with E-state index >= 15 is 0 Å². The molecule has 6 heterocycles. The van der Waals surface area contributed by atoms with E-state index in [1.54, 1.807) is 48.1 Å². The monoisotopic (exact) mass is 726 g/mol. The lowest BCUT2D eigenvalue weighted by Gasteiger charge is -2.02. The lowest BCUT2D eigenvalue weighted by Crippen LogP contribution is -2.01. The first kappa shape index (κ1) is 37.8. The summed E-state index contributed by atoms with van der Waals surface area (Å²) in [4.78, 5) is 45.6. The quantitative estimate of drug-likeness (QED) is 0.162. The zero-order valence-electron chi connectivity index (χ0n) is 28.6. The summed E-state index contributed by atoms with van der Waals surface area (Å²) >= 11 is 4.57. The van der Waals surface area contributed by atoms with Crippen LogP contribution in [0.25, 0.3) is 31.3 Å². The number of cyclic esters (lactones) is 1. The average molecular weight is 727 g/mol. The third-order valence-electron chi connectivity index (χ3n) is 7.39. The fourth-order valence-electron chi connectivity index (χ4n) is 4.90. The minimum absolute atomic E-state index is 0.222. The van der Waals surface area contributed by atoms with E-state index in [0.29, 0.717) is 16.1 Å². The van der Waals surface area contributed by atoms with Gasteiger partial charge in [-0.1, -0.05) is 57.2 Å². The topological polar surface area (TPSA) is 127 Å². The number of aryl methyl sites for hydroxylation is 3. The Balaban J connectivity index is 0.000000164. The summed E-state index contributed by atoms with van der Waals surface area (Å²) in [6.45, 7) is 11.5. The van der Waals surface area contributed by atoms with E-state index in [2.05, 4.69) is 9.97 Å². The SMILES string of the molecule is CC.CC1OC(=O)c2cc(-c3cccs3)cnc21.CCc1cc(-c2ccccc2)sc1C(=O)O.Cc1csc(-c2cnc(C)c(C(=O)O)c2)c1. The van der Waals surface area contributed by atoms with Crippen LogP contribution in [0.3, 0.4) is 0 Å². The largest absolute Gasteiger partial charge is 0.478 e. The highest BCUT2D eigenvalue weighted by molar-refractivity contribution is 7.17. The van der Waals surface area contributed by atoms with Gasteiger partial charge in [0.15, 0.2) is 0 Å². The Morgan fingerprint density at radius 3 is 2.10 bits per heavy atom. The van der Waals surface area contributed by atoms with Crippen LogP contribution in [0.1, 0.15) is 86.7 Å². The molecule has 7 rings (SSSR count). The molecule has 50 heavy (non-hydrogen) atoms. The van der Waals surface area contributed by atoms with Crippen LogP contribution in [-0.4, -0.2) is 38.1 Å². The van der Waals surface area contributed by atoms with Crippen LogP contribution in [0, 0.1) is 13.8 Å². The summed E-state index contributed by atoms with van der Waals surface area (Å²) in [6, 6.07) is 21.4. The lowest BCUT2D eigenvalue weighted by molar-refractivity contribution is 0.0417. The van der Waals surface area contributed by atoms with Crippen molar-refractivity contribution in [2.24, 2.45) is 0 Å². The molecule has 0 saturated heterocycles. The Morgan fingerprint density at radius 1 is 0.820 bits per heavy atom. The number of pyridine rings is 2. The molecule has 0 spiro atoms. The first-order chi connectivity index (χ1) is 24.0. The second-order valence-electron chi connectivity index (χ2n) is 10.8. The minimum Gasteiger partial charge on any atom is -0.478 e. The van der Waals surface area contributed by atoms with Gasteiger partial charge in [0.2, 0.25) is 0 Å². The zero-order valence-corrected chi connectivity index (χ0v) is 31.0. The number of esters is 1.